The third kappa shape index (κ3) is 3.63. The summed E-state index contributed by atoms with van der Waals surface area (Å²) >= 11 is 1.12. The molecule has 9 nitrogen and oxygen atoms in total. The smallest absolute Gasteiger partial charge is 0.345 e. The molecule has 4 aromatic rings. The van der Waals surface area contributed by atoms with Gasteiger partial charge in [0.05, 0.1) is 23.3 Å². The van der Waals surface area contributed by atoms with Gasteiger partial charge in [0, 0.05) is 22.4 Å². The van der Waals surface area contributed by atoms with Crippen LogP contribution in [0.2, 0.25) is 0 Å². The number of amides is 1. The fraction of sp³-hybridized carbons (Fsp3) is 0.0500. The Morgan fingerprint density at radius 3 is 2.80 bits per heavy atom. The number of carbonyl (C=O) groups is 1. The number of nitro groups is 1. The Hall–Kier alpha value is -4.05. The Morgan fingerprint density at radius 2 is 2.03 bits per heavy atom. The number of methoxy groups -OCH3 is 1. The van der Waals surface area contributed by atoms with E-state index in [4.69, 9.17) is 9.15 Å². The van der Waals surface area contributed by atoms with E-state index in [1.54, 1.807) is 23.6 Å². The quantitative estimate of drug-likeness (QED) is 0.291. The number of para-hydroxylation sites is 1. The molecule has 0 saturated carbocycles. The molecular weight excluding hydrogens is 410 g/mol. The lowest BCUT2D eigenvalue weighted by molar-refractivity contribution is -0.385. The van der Waals surface area contributed by atoms with Gasteiger partial charge in [-0.1, -0.05) is 18.2 Å². The van der Waals surface area contributed by atoms with Crippen molar-refractivity contribution in [3.05, 3.63) is 80.0 Å². The largest absolute Gasteiger partial charge is 0.490 e. The molecule has 0 saturated heterocycles. The summed E-state index contributed by atoms with van der Waals surface area (Å²) in [5.74, 6) is -0.525. The number of benzene rings is 2. The van der Waals surface area contributed by atoms with E-state index in [0.717, 1.165) is 22.8 Å². The van der Waals surface area contributed by atoms with Crippen molar-refractivity contribution in [1.82, 2.24) is 4.98 Å². The zero-order valence-corrected chi connectivity index (χ0v) is 16.3. The second-order valence-corrected chi connectivity index (χ2v) is 6.98. The standard InChI is InChI=1S/C20H13N3O6S/c1-28-17-7-6-12(9-15(17)23(26)27)18(24)22-20-21-14(10-30-20)13-8-11-4-2-3-5-16(11)29-19(13)25/h2-10H,1H3,(H,21,22,24). The molecule has 0 atom stereocenters. The fourth-order valence-electron chi connectivity index (χ4n) is 2.84. The Balaban J connectivity index is 1.60. The molecule has 0 unspecified atom stereocenters. The number of hydrogen-bond donors (Lipinski definition) is 1. The maximum absolute atomic E-state index is 12.5. The lowest BCUT2D eigenvalue weighted by atomic mass is 10.1. The number of aromatic nitrogens is 1. The highest BCUT2D eigenvalue weighted by molar-refractivity contribution is 7.14. The van der Waals surface area contributed by atoms with Crippen LogP contribution in [0.25, 0.3) is 22.2 Å². The van der Waals surface area contributed by atoms with Crippen LogP contribution in [0.15, 0.2) is 63.1 Å². The minimum atomic E-state index is -0.629. The molecule has 150 valence electrons. The van der Waals surface area contributed by atoms with Gasteiger partial charge in [0.2, 0.25) is 0 Å². The van der Waals surface area contributed by atoms with E-state index in [1.165, 1.54) is 19.2 Å². The highest BCUT2D eigenvalue weighted by Crippen LogP contribution is 2.29. The number of ether oxygens (including phenoxy) is 1. The second kappa shape index (κ2) is 7.76. The monoisotopic (exact) mass is 423 g/mol. The van der Waals surface area contributed by atoms with Crippen LogP contribution in [0, 0.1) is 10.1 Å². The van der Waals surface area contributed by atoms with Gasteiger partial charge in [-0.3, -0.25) is 20.2 Å². The van der Waals surface area contributed by atoms with Gasteiger partial charge in [0.15, 0.2) is 10.9 Å². The second-order valence-electron chi connectivity index (χ2n) is 6.12. The van der Waals surface area contributed by atoms with Crippen LogP contribution in [-0.4, -0.2) is 22.9 Å². The SMILES string of the molecule is COc1ccc(C(=O)Nc2nc(-c3cc4ccccc4oc3=O)cs2)cc1[N+](=O)[O-]. The van der Waals surface area contributed by atoms with E-state index < -0.39 is 16.5 Å². The van der Waals surface area contributed by atoms with Crippen LogP contribution < -0.4 is 15.7 Å². The van der Waals surface area contributed by atoms with Gasteiger partial charge < -0.3 is 9.15 Å². The molecule has 0 aliphatic heterocycles. The molecule has 2 aromatic heterocycles. The molecule has 1 N–H and O–H groups in total. The van der Waals surface area contributed by atoms with Gasteiger partial charge >= 0.3 is 11.3 Å². The molecule has 0 aliphatic rings. The van der Waals surface area contributed by atoms with E-state index in [-0.39, 0.29) is 27.7 Å². The van der Waals surface area contributed by atoms with Crippen molar-refractivity contribution < 1.29 is 18.9 Å². The summed E-state index contributed by atoms with van der Waals surface area (Å²) in [6, 6.07) is 12.7. The van der Waals surface area contributed by atoms with E-state index in [2.05, 4.69) is 10.3 Å². The molecule has 0 bridgehead atoms. The van der Waals surface area contributed by atoms with Crippen molar-refractivity contribution in [3.63, 3.8) is 0 Å². The first kappa shape index (κ1) is 19.3. The number of thiazole rings is 1. The molecule has 0 radical (unpaired) electrons. The summed E-state index contributed by atoms with van der Waals surface area (Å²) in [7, 11) is 1.31. The third-order valence-electron chi connectivity index (χ3n) is 4.28. The summed E-state index contributed by atoms with van der Waals surface area (Å²) in [6.45, 7) is 0. The minimum absolute atomic E-state index is 0.0520. The predicted octanol–water partition coefficient (Wildman–Crippen LogP) is 4.09. The number of nitrogens with zero attached hydrogens (tertiary/aromatic N) is 2. The third-order valence-corrected chi connectivity index (χ3v) is 5.04. The maximum Gasteiger partial charge on any atom is 0.345 e. The van der Waals surface area contributed by atoms with Crippen LogP contribution in [0.3, 0.4) is 0 Å². The van der Waals surface area contributed by atoms with E-state index in [9.17, 15) is 19.7 Å². The first-order valence-electron chi connectivity index (χ1n) is 8.59. The molecule has 0 spiro atoms. The number of hydrogen-bond acceptors (Lipinski definition) is 8. The number of rotatable bonds is 5. The Kier molecular flexibility index (Phi) is 4.98. The van der Waals surface area contributed by atoms with Crippen LogP contribution in [0.5, 0.6) is 5.75 Å². The van der Waals surface area contributed by atoms with Crippen LogP contribution in [0.1, 0.15) is 10.4 Å². The Bertz CT molecular complexity index is 1340. The first-order valence-corrected chi connectivity index (χ1v) is 9.47. The highest BCUT2D eigenvalue weighted by atomic mass is 32.1. The van der Waals surface area contributed by atoms with Gasteiger partial charge in [0.1, 0.15) is 5.58 Å². The molecule has 0 aliphatic carbocycles. The summed E-state index contributed by atoms with van der Waals surface area (Å²) in [4.78, 5) is 39.6. The topological polar surface area (TPSA) is 125 Å². The molecule has 30 heavy (non-hydrogen) atoms. The van der Waals surface area contributed by atoms with Crippen molar-refractivity contribution in [2.45, 2.75) is 0 Å². The average Bonchev–Trinajstić information content (AvgIpc) is 3.20. The highest BCUT2D eigenvalue weighted by Gasteiger charge is 2.19. The lowest BCUT2D eigenvalue weighted by Gasteiger charge is -2.05. The molecule has 10 heteroatoms. The number of carbonyl (C=O) groups excluding carboxylic acids is 1. The molecule has 2 heterocycles. The van der Waals surface area contributed by atoms with E-state index in [1.807, 2.05) is 12.1 Å². The number of nitrogens with one attached hydrogen (secondary N) is 1. The molecule has 2 aromatic carbocycles. The van der Waals surface area contributed by atoms with E-state index >= 15 is 0 Å². The van der Waals surface area contributed by atoms with Gasteiger partial charge in [-0.25, -0.2) is 9.78 Å². The lowest BCUT2D eigenvalue weighted by Crippen LogP contribution is -2.12. The molecule has 1 amide bonds. The van der Waals surface area contributed by atoms with Gasteiger partial charge in [-0.2, -0.15) is 0 Å². The molecular formula is C20H13N3O6S. The maximum atomic E-state index is 12.5. The number of anilines is 1. The summed E-state index contributed by atoms with van der Waals surface area (Å²) in [5.41, 5.74) is 0.308. The minimum Gasteiger partial charge on any atom is -0.490 e. The van der Waals surface area contributed by atoms with Gasteiger partial charge in [0.25, 0.3) is 5.91 Å². The molecule has 0 fully saturated rings. The first-order chi connectivity index (χ1) is 14.5. The van der Waals surface area contributed by atoms with Crippen LogP contribution in [0.4, 0.5) is 10.8 Å². The summed E-state index contributed by atoms with van der Waals surface area (Å²) in [6.07, 6.45) is 0. The number of fused-ring (bicyclic) bond motifs is 1. The van der Waals surface area contributed by atoms with Crippen molar-refractivity contribution in [3.8, 4) is 17.0 Å². The summed E-state index contributed by atoms with van der Waals surface area (Å²) in [5, 5.41) is 16.3. The predicted molar refractivity (Wildman–Crippen MR) is 111 cm³/mol. The number of nitro benzene ring substituents is 1. The van der Waals surface area contributed by atoms with Gasteiger partial charge in [-0.05, 0) is 24.3 Å². The zero-order chi connectivity index (χ0) is 21.3. The average molecular weight is 423 g/mol. The van der Waals surface area contributed by atoms with Crippen molar-refractivity contribution in [1.29, 1.82) is 0 Å². The Labute approximate surface area is 172 Å². The fourth-order valence-corrected chi connectivity index (χ4v) is 3.54. The molecule has 4 rings (SSSR count). The van der Waals surface area contributed by atoms with Crippen molar-refractivity contribution >= 4 is 39.0 Å². The van der Waals surface area contributed by atoms with Crippen LogP contribution in [-0.2, 0) is 0 Å². The van der Waals surface area contributed by atoms with Crippen molar-refractivity contribution in [2.75, 3.05) is 12.4 Å². The van der Waals surface area contributed by atoms with Crippen molar-refractivity contribution in [2.24, 2.45) is 0 Å². The zero-order valence-electron chi connectivity index (χ0n) is 15.4. The normalized spacial score (nSPS) is 10.7. The van der Waals surface area contributed by atoms with Crippen LogP contribution >= 0.6 is 11.3 Å². The van der Waals surface area contributed by atoms with E-state index in [0.29, 0.717) is 11.3 Å². The summed E-state index contributed by atoms with van der Waals surface area (Å²) < 4.78 is 10.2. The Morgan fingerprint density at radius 1 is 1.23 bits per heavy atom. The van der Waals surface area contributed by atoms with Gasteiger partial charge in [-0.15, -0.1) is 11.3 Å².